The topological polar surface area (TPSA) is 49.8 Å². The van der Waals surface area contributed by atoms with Crippen LogP contribution in [0, 0.1) is 0 Å². The maximum atomic E-state index is 6.17. The number of hydrogen-bond donors (Lipinski definition) is 2. The lowest BCUT2D eigenvalue weighted by Gasteiger charge is -2.19. The van der Waals surface area contributed by atoms with Gasteiger partial charge in [-0.3, -0.25) is 0 Å². The normalized spacial score (nSPS) is 11.9. The Labute approximate surface area is 124 Å². The van der Waals surface area contributed by atoms with Crippen LogP contribution >= 0.6 is 11.6 Å². The Bertz CT molecular complexity index is 545. The van der Waals surface area contributed by atoms with Crippen molar-refractivity contribution in [1.29, 1.82) is 0 Å². The molecule has 0 saturated carbocycles. The molecule has 0 amide bonds. The third-order valence-corrected chi connectivity index (χ3v) is 3.28. The van der Waals surface area contributed by atoms with Crippen LogP contribution in [0.4, 0.5) is 11.8 Å². The van der Waals surface area contributed by atoms with Gasteiger partial charge in [0.1, 0.15) is 5.02 Å². The second kappa shape index (κ2) is 7.10. The predicted octanol–water partition coefficient (Wildman–Crippen LogP) is 4.13. The summed E-state index contributed by atoms with van der Waals surface area (Å²) in [4.78, 5) is 8.55. The zero-order valence-electron chi connectivity index (χ0n) is 11.7. The fourth-order valence-corrected chi connectivity index (χ4v) is 2.13. The van der Waals surface area contributed by atoms with E-state index in [0.717, 1.165) is 13.0 Å². The molecule has 0 spiro atoms. The van der Waals surface area contributed by atoms with E-state index in [4.69, 9.17) is 11.6 Å². The Morgan fingerprint density at radius 2 is 1.95 bits per heavy atom. The first kappa shape index (κ1) is 14.6. The second-order valence-electron chi connectivity index (χ2n) is 4.44. The Kier molecular flexibility index (Phi) is 5.18. The van der Waals surface area contributed by atoms with Gasteiger partial charge >= 0.3 is 0 Å². The van der Waals surface area contributed by atoms with Gasteiger partial charge in [-0.05, 0) is 18.9 Å². The average Bonchev–Trinajstić information content (AvgIpc) is 2.49. The molecule has 0 saturated heterocycles. The third kappa shape index (κ3) is 3.61. The molecule has 0 bridgehead atoms. The first-order valence-electron chi connectivity index (χ1n) is 6.82. The zero-order chi connectivity index (χ0) is 14.4. The van der Waals surface area contributed by atoms with E-state index < -0.39 is 0 Å². The molecular formula is C15H19ClN4. The van der Waals surface area contributed by atoms with Crippen molar-refractivity contribution in [3.05, 3.63) is 47.1 Å². The van der Waals surface area contributed by atoms with E-state index >= 15 is 0 Å². The Hall–Kier alpha value is -1.81. The van der Waals surface area contributed by atoms with Gasteiger partial charge in [-0.1, -0.05) is 48.9 Å². The predicted molar refractivity (Wildman–Crippen MR) is 84.3 cm³/mol. The van der Waals surface area contributed by atoms with Crippen molar-refractivity contribution in [3.8, 4) is 0 Å². The molecule has 1 unspecified atom stereocenters. The van der Waals surface area contributed by atoms with E-state index in [1.165, 1.54) is 5.56 Å². The molecule has 0 aliphatic heterocycles. The van der Waals surface area contributed by atoms with Crippen molar-refractivity contribution in [2.24, 2.45) is 0 Å². The Balaban J connectivity index is 2.21. The van der Waals surface area contributed by atoms with Crippen molar-refractivity contribution >= 4 is 23.4 Å². The maximum Gasteiger partial charge on any atom is 0.224 e. The summed E-state index contributed by atoms with van der Waals surface area (Å²) in [6.07, 6.45) is 2.56. The van der Waals surface area contributed by atoms with Crippen LogP contribution in [0.15, 0.2) is 36.5 Å². The summed E-state index contributed by atoms with van der Waals surface area (Å²) in [5.74, 6) is 1.25. The minimum Gasteiger partial charge on any atom is -0.362 e. The molecule has 1 atom stereocenters. The van der Waals surface area contributed by atoms with E-state index in [1.807, 2.05) is 25.1 Å². The fourth-order valence-electron chi connectivity index (χ4n) is 1.98. The summed E-state index contributed by atoms with van der Waals surface area (Å²) in [5, 5.41) is 7.00. The molecule has 2 N–H and O–H groups in total. The van der Waals surface area contributed by atoms with Crippen molar-refractivity contribution < 1.29 is 0 Å². The van der Waals surface area contributed by atoms with Crippen LogP contribution in [0.1, 0.15) is 31.9 Å². The van der Waals surface area contributed by atoms with Gasteiger partial charge in [-0.15, -0.1) is 0 Å². The summed E-state index contributed by atoms with van der Waals surface area (Å²) in [6, 6.07) is 10.5. The minimum atomic E-state index is 0.179. The highest BCUT2D eigenvalue weighted by Gasteiger charge is 2.12. The lowest BCUT2D eigenvalue weighted by Crippen LogP contribution is -2.12. The maximum absolute atomic E-state index is 6.17. The lowest BCUT2D eigenvalue weighted by atomic mass is 10.0. The lowest BCUT2D eigenvalue weighted by molar-refractivity contribution is 0.744. The summed E-state index contributed by atoms with van der Waals surface area (Å²) in [6.45, 7) is 4.91. The molecule has 2 rings (SSSR count). The highest BCUT2D eigenvalue weighted by atomic mass is 35.5. The van der Waals surface area contributed by atoms with Gasteiger partial charge in [0.2, 0.25) is 5.95 Å². The molecule has 1 heterocycles. The first-order chi connectivity index (χ1) is 9.74. The zero-order valence-corrected chi connectivity index (χ0v) is 12.5. The Morgan fingerprint density at radius 1 is 1.20 bits per heavy atom. The molecule has 1 aromatic carbocycles. The van der Waals surface area contributed by atoms with Gasteiger partial charge < -0.3 is 10.6 Å². The van der Waals surface area contributed by atoms with E-state index in [0.29, 0.717) is 16.8 Å². The van der Waals surface area contributed by atoms with Gasteiger partial charge in [0, 0.05) is 6.54 Å². The molecule has 4 nitrogen and oxygen atoms in total. The standard InChI is InChI=1S/C15H19ClN4/c1-3-13(11-8-6-5-7-9-11)19-14-12(16)10-18-15(20-14)17-4-2/h5-10,13H,3-4H2,1-2H3,(H2,17,18,19,20). The van der Waals surface area contributed by atoms with Gasteiger partial charge in [-0.25, -0.2) is 4.98 Å². The van der Waals surface area contributed by atoms with Crippen molar-refractivity contribution in [2.45, 2.75) is 26.3 Å². The second-order valence-corrected chi connectivity index (χ2v) is 4.84. The third-order valence-electron chi connectivity index (χ3n) is 3.00. The number of nitrogens with one attached hydrogen (secondary N) is 2. The van der Waals surface area contributed by atoms with Gasteiger partial charge in [-0.2, -0.15) is 4.98 Å². The highest BCUT2D eigenvalue weighted by molar-refractivity contribution is 6.32. The van der Waals surface area contributed by atoms with Crippen LogP contribution in [0.5, 0.6) is 0 Å². The molecule has 0 fully saturated rings. The highest BCUT2D eigenvalue weighted by Crippen LogP contribution is 2.26. The van der Waals surface area contributed by atoms with E-state index in [9.17, 15) is 0 Å². The van der Waals surface area contributed by atoms with Gasteiger partial charge in [0.15, 0.2) is 5.82 Å². The number of nitrogens with zero attached hydrogens (tertiary/aromatic N) is 2. The molecule has 106 valence electrons. The molecule has 20 heavy (non-hydrogen) atoms. The summed E-state index contributed by atoms with van der Waals surface area (Å²) in [7, 11) is 0. The van der Waals surface area contributed by atoms with Crippen LogP contribution in [-0.2, 0) is 0 Å². The molecular weight excluding hydrogens is 272 g/mol. The van der Waals surface area contributed by atoms with Crippen molar-refractivity contribution in [1.82, 2.24) is 9.97 Å². The quantitative estimate of drug-likeness (QED) is 0.840. The first-order valence-corrected chi connectivity index (χ1v) is 7.20. The average molecular weight is 291 g/mol. The molecule has 5 heteroatoms. The summed E-state index contributed by atoms with van der Waals surface area (Å²) < 4.78 is 0. The van der Waals surface area contributed by atoms with Crippen molar-refractivity contribution in [3.63, 3.8) is 0 Å². The SMILES string of the molecule is CCNc1ncc(Cl)c(NC(CC)c2ccccc2)n1. The monoisotopic (exact) mass is 290 g/mol. The number of halogens is 1. The number of rotatable bonds is 6. The van der Waals surface area contributed by atoms with Crippen LogP contribution < -0.4 is 10.6 Å². The van der Waals surface area contributed by atoms with Crippen LogP contribution in [0.2, 0.25) is 5.02 Å². The number of hydrogen-bond acceptors (Lipinski definition) is 4. The summed E-state index contributed by atoms with van der Waals surface area (Å²) in [5.41, 5.74) is 1.22. The van der Waals surface area contributed by atoms with Crippen molar-refractivity contribution in [2.75, 3.05) is 17.2 Å². The van der Waals surface area contributed by atoms with E-state index in [1.54, 1.807) is 6.20 Å². The van der Waals surface area contributed by atoms with Gasteiger partial charge in [0.25, 0.3) is 0 Å². The summed E-state index contributed by atoms with van der Waals surface area (Å²) >= 11 is 6.17. The van der Waals surface area contributed by atoms with Gasteiger partial charge in [0.05, 0.1) is 12.2 Å². The van der Waals surface area contributed by atoms with E-state index in [-0.39, 0.29) is 6.04 Å². The number of aromatic nitrogens is 2. The van der Waals surface area contributed by atoms with Crippen LogP contribution in [0.25, 0.3) is 0 Å². The minimum absolute atomic E-state index is 0.179. The molecule has 2 aromatic rings. The van der Waals surface area contributed by atoms with Crippen LogP contribution in [0.3, 0.4) is 0 Å². The largest absolute Gasteiger partial charge is 0.362 e. The Morgan fingerprint density at radius 3 is 2.60 bits per heavy atom. The molecule has 0 aliphatic carbocycles. The molecule has 0 radical (unpaired) electrons. The van der Waals surface area contributed by atoms with Crippen LogP contribution in [-0.4, -0.2) is 16.5 Å². The molecule has 0 aliphatic rings. The number of anilines is 2. The number of benzene rings is 1. The molecule has 1 aromatic heterocycles. The van der Waals surface area contributed by atoms with E-state index in [2.05, 4.69) is 39.7 Å². The smallest absolute Gasteiger partial charge is 0.224 e. The fraction of sp³-hybridized carbons (Fsp3) is 0.333.